The highest BCUT2D eigenvalue weighted by Gasteiger charge is 2.08. The van der Waals surface area contributed by atoms with E-state index in [0.29, 0.717) is 17.3 Å². The summed E-state index contributed by atoms with van der Waals surface area (Å²) in [5.41, 5.74) is 7.23. The van der Waals surface area contributed by atoms with Crippen LogP contribution in [0.4, 0.5) is 5.82 Å². The van der Waals surface area contributed by atoms with Crippen LogP contribution in [0.5, 0.6) is 11.5 Å². The molecule has 0 unspecified atom stereocenters. The topological polar surface area (TPSA) is 68.6 Å². The Bertz CT molecular complexity index is 938. The molecule has 0 atom stereocenters. The third-order valence-corrected chi connectivity index (χ3v) is 3.88. The molecule has 6 heteroatoms. The Morgan fingerprint density at radius 1 is 0.960 bits per heavy atom. The van der Waals surface area contributed by atoms with Crippen molar-refractivity contribution in [2.24, 2.45) is 5.10 Å². The molecule has 6 nitrogen and oxygen atoms in total. The van der Waals surface area contributed by atoms with Gasteiger partial charge in [0.2, 0.25) is 0 Å². The number of fused-ring (bicyclic) bond motifs is 1. The number of methoxy groups -OCH3 is 2. The fourth-order valence-electron chi connectivity index (χ4n) is 2.46. The minimum atomic E-state index is 0.638. The molecule has 0 aliphatic carbocycles. The summed E-state index contributed by atoms with van der Waals surface area (Å²) in [7, 11) is 3.22. The van der Waals surface area contributed by atoms with E-state index in [2.05, 4.69) is 20.5 Å². The number of anilines is 1. The van der Waals surface area contributed by atoms with E-state index in [0.717, 1.165) is 28.0 Å². The fraction of sp³-hybridized carbons (Fsp3) is 0.211. The number of aryl methyl sites for hydroxylation is 1. The standard InChI is InChI=1S/C19H20N4O2/c1-12(14-9-10-17(24-3)18(11-14)25-4)22-23-19-13(2)20-15-7-5-6-8-16(15)21-19/h5-11H,1-4H3,(H,21,23). The summed E-state index contributed by atoms with van der Waals surface area (Å²) in [6.45, 7) is 3.82. The largest absolute Gasteiger partial charge is 0.493 e. The molecule has 0 saturated heterocycles. The van der Waals surface area contributed by atoms with Gasteiger partial charge in [-0.25, -0.2) is 9.97 Å². The number of para-hydroxylation sites is 2. The van der Waals surface area contributed by atoms with Crippen LogP contribution < -0.4 is 14.9 Å². The number of hydrogen-bond acceptors (Lipinski definition) is 6. The summed E-state index contributed by atoms with van der Waals surface area (Å²) in [5, 5.41) is 4.43. The first kappa shape index (κ1) is 16.7. The Morgan fingerprint density at radius 3 is 2.32 bits per heavy atom. The van der Waals surface area contributed by atoms with E-state index in [1.807, 2.05) is 56.3 Å². The van der Waals surface area contributed by atoms with Crippen molar-refractivity contribution in [3.8, 4) is 11.5 Å². The average Bonchev–Trinajstić information content (AvgIpc) is 2.65. The zero-order chi connectivity index (χ0) is 17.8. The van der Waals surface area contributed by atoms with Crippen molar-refractivity contribution in [3.05, 3.63) is 53.7 Å². The molecule has 2 aromatic carbocycles. The smallest absolute Gasteiger partial charge is 0.168 e. The van der Waals surface area contributed by atoms with E-state index in [1.165, 1.54) is 0 Å². The summed E-state index contributed by atoms with van der Waals surface area (Å²) >= 11 is 0. The lowest BCUT2D eigenvalue weighted by molar-refractivity contribution is 0.355. The Morgan fingerprint density at radius 2 is 1.64 bits per heavy atom. The van der Waals surface area contributed by atoms with Gasteiger partial charge >= 0.3 is 0 Å². The lowest BCUT2D eigenvalue weighted by Gasteiger charge is -2.10. The number of nitrogens with zero attached hydrogens (tertiary/aromatic N) is 3. The van der Waals surface area contributed by atoms with Gasteiger partial charge in [0.1, 0.15) is 0 Å². The molecular formula is C19H20N4O2. The number of hydrogen-bond donors (Lipinski definition) is 1. The fourth-order valence-corrected chi connectivity index (χ4v) is 2.46. The molecule has 3 rings (SSSR count). The van der Waals surface area contributed by atoms with E-state index < -0.39 is 0 Å². The Hall–Kier alpha value is -3.15. The van der Waals surface area contributed by atoms with Gasteiger partial charge in [0, 0.05) is 5.56 Å². The van der Waals surface area contributed by atoms with Crippen molar-refractivity contribution >= 4 is 22.6 Å². The molecule has 0 bridgehead atoms. The highest BCUT2D eigenvalue weighted by molar-refractivity contribution is 5.99. The first-order chi connectivity index (χ1) is 12.1. The van der Waals surface area contributed by atoms with Crippen molar-refractivity contribution in [2.45, 2.75) is 13.8 Å². The molecule has 0 aliphatic heterocycles. The number of ether oxygens (including phenoxy) is 2. The maximum absolute atomic E-state index is 5.33. The number of rotatable bonds is 5. The van der Waals surface area contributed by atoms with Crippen LogP contribution in [0.15, 0.2) is 47.6 Å². The molecule has 0 aliphatic rings. The molecule has 0 radical (unpaired) electrons. The summed E-state index contributed by atoms with van der Waals surface area (Å²) in [6.07, 6.45) is 0. The minimum Gasteiger partial charge on any atom is -0.493 e. The van der Waals surface area contributed by atoms with Crippen molar-refractivity contribution in [1.29, 1.82) is 0 Å². The second kappa shape index (κ2) is 7.17. The lowest BCUT2D eigenvalue weighted by Crippen LogP contribution is -2.04. The maximum Gasteiger partial charge on any atom is 0.168 e. The van der Waals surface area contributed by atoms with E-state index in [4.69, 9.17) is 9.47 Å². The first-order valence-corrected chi connectivity index (χ1v) is 7.88. The van der Waals surface area contributed by atoms with E-state index in [1.54, 1.807) is 14.2 Å². The SMILES string of the molecule is COc1ccc(C(C)=NNc2nc3ccccc3nc2C)cc1OC. The second-order valence-corrected chi connectivity index (χ2v) is 5.53. The summed E-state index contributed by atoms with van der Waals surface area (Å²) in [6, 6.07) is 13.4. The molecule has 0 spiro atoms. The summed E-state index contributed by atoms with van der Waals surface area (Å²) in [4.78, 5) is 9.12. The van der Waals surface area contributed by atoms with Crippen LogP contribution >= 0.6 is 0 Å². The zero-order valence-corrected chi connectivity index (χ0v) is 14.7. The van der Waals surface area contributed by atoms with Gasteiger partial charge in [-0.1, -0.05) is 12.1 Å². The van der Waals surface area contributed by atoms with Gasteiger partial charge in [0.15, 0.2) is 17.3 Å². The second-order valence-electron chi connectivity index (χ2n) is 5.53. The molecule has 0 saturated carbocycles. The number of hydrazone groups is 1. The van der Waals surface area contributed by atoms with Gasteiger partial charge in [0.05, 0.1) is 36.7 Å². The number of aromatic nitrogens is 2. The third-order valence-electron chi connectivity index (χ3n) is 3.88. The molecule has 1 aromatic heterocycles. The molecule has 1 N–H and O–H groups in total. The maximum atomic E-state index is 5.33. The molecule has 3 aromatic rings. The Balaban J connectivity index is 1.87. The van der Waals surface area contributed by atoms with Crippen LogP contribution in [0.1, 0.15) is 18.2 Å². The van der Waals surface area contributed by atoms with Crippen LogP contribution in [0, 0.1) is 6.92 Å². The van der Waals surface area contributed by atoms with E-state index in [9.17, 15) is 0 Å². The van der Waals surface area contributed by atoms with Gasteiger partial charge in [0.25, 0.3) is 0 Å². The van der Waals surface area contributed by atoms with Crippen LogP contribution in [0.3, 0.4) is 0 Å². The molecular weight excluding hydrogens is 316 g/mol. The van der Waals surface area contributed by atoms with Gasteiger partial charge in [-0.15, -0.1) is 0 Å². The quantitative estimate of drug-likeness (QED) is 0.567. The monoisotopic (exact) mass is 336 g/mol. The van der Waals surface area contributed by atoms with Crippen LogP contribution in [-0.4, -0.2) is 29.9 Å². The van der Waals surface area contributed by atoms with Crippen molar-refractivity contribution in [2.75, 3.05) is 19.6 Å². The zero-order valence-electron chi connectivity index (χ0n) is 14.7. The Labute approximate surface area is 146 Å². The highest BCUT2D eigenvalue weighted by Crippen LogP contribution is 2.27. The van der Waals surface area contributed by atoms with Gasteiger partial charge in [-0.2, -0.15) is 5.10 Å². The highest BCUT2D eigenvalue weighted by atomic mass is 16.5. The number of benzene rings is 2. The van der Waals surface area contributed by atoms with E-state index in [-0.39, 0.29) is 0 Å². The minimum absolute atomic E-state index is 0.638. The normalized spacial score (nSPS) is 11.4. The molecule has 0 amide bonds. The van der Waals surface area contributed by atoms with Gasteiger partial charge in [-0.05, 0) is 44.2 Å². The van der Waals surface area contributed by atoms with E-state index >= 15 is 0 Å². The third kappa shape index (κ3) is 3.52. The van der Waals surface area contributed by atoms with Crippen LogP contribution in [-0.2, 0) is 0 Å². The van der Waals surface area contributed by atoms with Gasteiger partial charge in [-0.3, -0.25) is 5.43 Å². The predicted octanol–water partition coefficient (Wildman–Crippen LogP) is 3.79. The first-order valence-electron chi connectivity index (χ1n) is 7.88. The van der Waals surface area contributed by atoms with Crippen molar-refractivity contribution < 1.29 is 9.47 Å². The Kier molecular flexibility index (Phi) is 4.79. The summed E-state index contributed by atoms with van der Waals surface area (Å²) in [5.74, 6) is 1.98. The van der Waals surface area contributed by atoms with Crippen LogP contribution in [0.2, 0.25) is 0 Å². The van der Waals surface area contributed by atoms with Crippen molar-refractivity contribution in [3.63, 3.8) is 0 Å². The summed E-state index contributed by atoms with van der Waals surface area (Å²) < 4.78 is 10.6. The van der Waals surface area contributed by atoms with Crippen LogP contribution in [0.25, 0.3) is 11.0 Å². The predicted molar refractivity (Wildman–Crippen MR) is 99.7 cm³/mol. The molecule has 1 heterocycles. The molecule has 0 fully saturated rings. The average molecular weight is 336 g/mol. The number of nitrogens with one attached hydrogen (secondary N) is 1. The molecule has 25 heavy (non-hydrogen) atoms. The lowest BCUT2D eigenvalue weighted by atomic mass is 10.1. The van der Waals surface area contributed by atoms with Gasteiger partial charge < -0.3 is 9.47 Å². The van der Waals surface area contributed by atoms with Crippen molar-refractivity contribution in [1.82, 2.24) is 9.97 Å². The molecule has 128 valence electrons.